The molecule has 0 radical (unpaired) electrons. The number of rotatable bonds is 3. The number of alkyl halides is 1. The summed E-state index contributed by atoms with van der Waals surface area (Å²) < 4.78 is 1.02. The molecule has 2 nitrogen and oxygen atoms in total. The van der Waals surface area contributed by atoms with E-state index in [1.807, 2.05) is 18.2 Å². The van der Waals surface area contributed by atoms with E-state index in [4.69, 9.17) is 10.8 Å². The van der Waals surface area contributed by atoms with Crippen LogP contribution in [0.1, 0.15) is 17.2 Å². The van der Waals surface area contributed by atoms with Crippen LogP contribution in [0.4, 0.5) is 0 Å². The fourth-order valence-electron chi connectivity index (χ4n) is 1.16. The smallest absolute Gasteiger partial charge is 0.0624 e. The van der Waals surface area contributed by atoms with Gasteiger partial charge in [0.15, 0.2) is 0 Å². The highest BCUT2D eigenvalue weighted by Crippen LogP contribution is 2.26. The van der Waals surface area contributed by atoms with Gasteiger partial charge >= 0.3 is 0 Å². The lowest BCUT2D eigenvalue weighted by molar-refractivity contribution is 0.267. The topological polar surface area (TPSA) is 46.2 Å². The predicted molar refractivity (Wildman–Crippen MR) is 71.1 cm³/mol. The normalized spacial score (nSPS) is 12.0. The molecule has 1 rings (SSSR count). The zero-order chi connectivity index (χ0) is 9.84. The van der Waals surface area contributed by atoms with Crippen molar-refractivity contribution in [1.82, 2.24) is 0 Å². The first kappa shape index (κ1) is 14.6. The first-order valence-corrected chi connectivity index (χ1v) is 5.81. The van der Waals surface area contributed by atoms with Crippen LogP contribution in [0.3, 0.4) is 0 Å². The van der Waals surface area contributed by atoms with E-state index in [1.54, 1.807) is 0 Å². The van der Waals surface area contributed by atoms with Crippen LogP contribution in [-0.4, -0.2) is 11.7 Å². The van der Waals surface area contributed by atoms with Gasteiger partial charge in [-0.25, -0.2) is 0 Å². The van der Waals surface area contributed by atoms with Crippen molar-refractivity contribution < 1.29 is 5.11 Å². The fourth-order valence-corrected chi connectivity index (χ4v) is 2.69. The van der Waals surface area contributed by atoms with Gasteiger partial charge in [-0.2, -0.15) is 0 Å². The standard InChI is InChI=1S/C9H11Br2NO.BrH/c10-4-7-6(9(12)5-13)2-1-3-8(7)11;/h1-3,9,13H,4-5,12H2;1H/t9-;/m0./s1. The highest BCUT2D eigenvalue weighted by Gasteiger charge is 2.11. The Morgan fingerprint density at radius 2 is 2.07 bits per heavy atom. The molecule has 0 spiro atoms. The van der Waals surface area contributed by atoms with Crippen LogP contribution in [0.5, 0.6) is 0 Å². The molecule has 0 heterocycles. The molecule has 0 saturated carbocycles. The first-order chi connectivity index (χ1) is 6.20. The van der Waals surface area contributed by atoms with E-state index in [0.717, 1.165) is 20.9 Å². The maximum atomic E-state index is 8.94. The van der Waals surface area contributed by atoms with Crippen molar-refractivity contribution >= 4 is 48.8 Å². The lowest BCUT2D eigenvalue weighted by atomic mass is 10.0. The van der Waals surface area contributed by atoms with Gasteiger partial charge in [0.25, 0.3) is 0 Å². The third-order valence-corrected chi connectivity index (χ3v) is 3.19. The van der Waals surface area contributed by atoms with E-state index >= 15 is 0 Å². The number of hydrogen-bond acceptors (Lipinski definition) is 2. The average Bonchev–Trinajstić information content (AvgIpc) is 2.16. The van der Waals surface area contributed by atoms with Crippen LogP contribution in [0.15, 0.2) is 22.7 Å². The molecule has 5 heteroatoms. The minimum atomic E-state index is -0.301. The minimum absolute atomic E-state index is 0. The number of aliphatic hydroxyl groups excluding tert-OH is 1. The number of benzene rings is 1. The number of halogens is 3. The first-order valence-electron chi connectivity index (χ1n) is 3.90. The Morgan fingerprint density at radius 1 is 1.43 bits per heavy atom. The summed E-state index contributed by atoms with van der Waals surface area (Å²) in [5.74, 6) is 0. The second kappa shape index (κ2) is 6.95. The second-order valence-corrected chi connectivity index (χ2v) is 4.15. The monoisotopic (exact) mass is 387 g/mol. The van der Waals surface area contributed by atoms with Crippen molar-refractivity contribution in [3.05, 3.63) is 33.8 Å². The molecule has 0 aliphatic rings. The van der Waals surface area contributed by atoms with Crippen LogP contribution in [-0.2, 0) is 5.33 Å². The van der Waals surface area contributed by atoms with Crippen molar-refractivity contribution in [1.29, 1.82) is 0 Å². The Bertz CT molecular complexity index is 293. The molecule has 1 atom stereocenters. The molecule has 0 saturated heterocycles. The largest absolute Gasteiger partial charge is 0.394 e. The molecule has 0 bridgehead atoms. The number of hydrogen-bond donors (Lipinski definition) is 2. The Hall–Kier alpha value is 0.580. The van der Waals surface area contributed by atoms with E-state index in [2.05, 4.69) is 31.9 Å². The van der Waals surface area contributed by atoms with Gasteiger partial charge in [-0.3, -0.25) is 0 Å². The highest BCUT2D eigenvalue weighted by atomic mass is 79.9. The Kier molecular flexibility index (Phi) is 7.24. The molecule has 0 unspecified atom stereocenters. The van der Waals surface area contributed by atoms with Crippen molar-refractivity contribution in [2.24, 2.45) is 5.73 Å². The SMILES string of the molecule is Br.N[C@@H](CO)c1cccc(Br)c1CBr. The average molecular weight is 390 g/mol. The summed E-state index contributed by atoms with van der Waals surface area (Å²) in [6.07, 6.45) is 0. The Labute approximate surface area is 111 Å². The van der Waals surface area contributed by atoms with Gasteiger partial charge in [0.05, 0.1) is 12.6 Å². The molecule has 0 fully saturated rings. The summed E-state index contributed by atoms with van der Waals surface area (Å²) in [6, 6.07) is 5.51. The van der Waals surface area contributed by atoms with Gasteiger partial charge < -0.3 is 10.8 Å². The Morgan fingerprint density at radius 3 is 2.57 bits per heavy atom. The lowest BCUT2D eigenvalue weighted by Crippen LogP contribution is -2.16. The third kappa shape index (κ3) is 3.31. The van der Waals surface area contributed by atoms with Gasteiger partial charge in [-0.15, -0.1) is 17.0 Å². The summed E-state index contributed by atoms with van der Waals surface area (Å²) >= 11 is 6.83. The molecule has 3 N–H and O–H groups in total. The van der Waals surface area contributed by atoms with Crippen molar-refractivity contribution in [2.75, 3.05) is 6.61 Å². The van der Waals surface area contributed by atoms with Crippen molar-refractivity contribution in [2.45, 2.75) is 11.4 Å². The molecule has 1 aromatic carbocycles. The van der Waals surface area contributed by atoms with Gasteiger partial charge in [-0.05, 0) is 17.2 Å². The number of nitrogens with two attached hydrogens (primary N) is 1. The third-order valence-electron chi connectivity index (χ3n) is 1.88. The van der Waals surface area contributed by atoms with Gasteiger partial charge in [0.1, 0.15) is 0 Å². The van der Waals surface area contributed by atoms with E-state index in [-0.39, 0.29) is 29.6 Å². The van der Waals surface area contributed by atoms with E-state index < -0.39 is 0 Å². The molecule has 0 aliphatic heterocycles. The van der Waals surface area contributed by atoms with Gasteiger partial charge in [0, 0.05) is 9.80 Å². The van der Waals surface area contributed by atoms with E-state index in [1.165, 1.54) is 0 Å². The molecular formula is C9H12Br3NO. The van der Waals surface area contributed by atoms with Crippen LogP contribution < -0.4 is 5.73 Å². The molecule has 0 amide bonds. The lowest BCUT2D eigenvalue weighted by Gasteiger charge is -2.14. The zero-order valence-electron chi connectivity index (χ0n) is 7.41. The number of aliphatic hydroxyl groups is 1. The molecule has 80 valence electrons. The van der Waals surface area contributed by atoms with Crippen LogP contribution in [0, 0.1) is 0 Å². The maximum absolute atomic E-state index is 8.94. The van der Waals surface area contributed by atoms with E-state index in [9.17, 15) is 0 Å². The predicted octanol–water partition coefficient (Wildman–Crippen LogP) is 2.91. The molecule has 14 heavy (non-hydrogen) atoms. The highest BCUT2D eigenvalue weighted by molar-refractivity contribution is 9.10. The zero-order valence-corrected chi connectivity index (χ0v) is 12.3. The van der Waals surface area contributed by atoms with Gasteiger partial charge in [0.2, 0.25) is 0 Å². The van der Waals surface area contributed by atoms with Gasteiger partial charge in [-0.1, -0.05) is 44.0 Å². The minimum Gasteiger partial charge on any atom is -0.394 e. The summed E-state index contributed by atoms with van der Waals surface area (Å²) in [4.78, 5) is 0. The van der Waals surface area contributed by atoms with Crippen molar-refractivity contribution in [3.8, 4) is 0 Å². The molecule has 1 aromatic rings. The van der Waals surface area contributed by atoms with Crippen molar-refractivity contribution in [3.63, 3.8) is 0 Å². The summed E-state index contributed by atoms with van der Waals surface area (Å²) in [5.41, 5.74) is 7.83. The molecular weight excluding hydrogens is 378 g/mol. The molecule has 0 aliphatic carbocycles. The maximum Gasteiger partial charge on any atom is 0.0624 e. The summed E-state index contributed by atoms with van der Waals surface area (Å²) in [6.45, 7) is -0.0313. The molecule has 0 aromatic heterocycles. The Balaban J connectivity index is 0.00000169. The van der Waals surface area contributed by atoms with Crippen LogP contribution >= 0.6 is 48.8 Å². The van der Waals surface area contributed by atoms with Crippen LogP contribution in [0.25, 0.3) is 0 Å². The quantitative estimate of drug-likeness (QED) is 0.781. The second-order valence-electron chi connectivity index (χ2n) is 2.73. The summed E-state index contributed by atoms with van der Waals surface area (Å²) in [5, 5.41) is 9.68. The summed E-state index contributed by atoms with van der Waals surface area (Å²) in [7, 11) is 0. The fraction of sp³-hybridized carbons (Fsp3) is 0.333. The van der Waals surface area contributed by atoms with Crippen LogP contribution in [0.2, 0.25) is 0 Å². The van der Waals surface area contributed by atoms with E-state index in [0.29, 0.717) is 0 Å².